The lowest BCUT2D eigenvalue weighted by Gasteiger charge is -2.23. The first-order valence-corrected chi connectivity index (χ1v) is 7.42. The second-order valence-electron chi connectivity index (χ2n) is 4.80. The Kier molecular flexibility index (Phi) is 6.10. The summed E-state index contributed by atoms with van der Waals surface area (Å²) in [7, 11) is 1.67. The van der Waals surface area contributed by atoms with Crippen molar-refractivity contribution in [2.24, 2.45) is 0 Å². The Morgan fingerprint density at radius 3 is 2.80 bits per heavy atom. The van der Waals surface area contributed by atoms with E-state index in [1.54, 1.807) is 7.11 Å². The first kappa shape index (κ1) is 15.6. The highest BCUT2D eigenvalue weighted by atomic mass is 35.5. The van der Waals surface area contributed by atoms with Crippen LogP contribution in [0.3, 0.4) is 0 Å². The van der Waals surface area contributed by atoms with Gasteiger partial charge in [0.2, 0.25) is 0 Å². The zero-order chi connectivity index (χ0) is 14.4. The summed E-state index contributed by atoms with van der Waals surface area (Å²) in [6.45, 7) is 4.39. The molecule has 112 valence electrons. The molecule has 1 N–H and O–H groups in total. The number of methoxy groups -OCH3 is 1. The normalized spacial score (nSPS) is 17.4. The van der Waals surface area contributed by atoms with Crippen LogP contribution >= 0.6 is 11.6 Å². The highest BCUT2D eigenvalue weighted by molar-refractivity contribution is 6.30. The van der Waals surface area contributed by atoms with Gasteiger partial charge in [-0.2, -0.15) is 0 Å². The molecule has 1 aromatic carbocycles. The molecule has 0 saturated carbocycles. The number of hydrogen-bond donors (Lipinski definition) is 1. The van der Waals surface area contributed by atoms with Gasteiger partial charge in [-0.3, -0.25) is 0 Å². The maximum absolute atomic E-state index is 6.12. The number of nitrogens with one attached hydrogen (secondary N) is 1. The minimum Gasteiger partial charge on any atom is -0.496 e. The zero-order valence-corrected chi connectivity index (χ0v) is 12.8. The lowest BCUT2D eigenvalue weighted by Crippen LogP contribution is -2.27. The van der Waals surface area contributed by atoms with E-state index in [2.05, 4.69) is 12.2 Å². The Hall–Kier alpha value is -0.810. The van der Waals surface area contributed by atoms with E-state index in [1.807, 2.05) is 18.2 Å². The highest BCUT2D eigenvalue weighted by Crippen LogP contribution is 2.32. The lowest BCUT2D eigenvalue weighted by atomic mass is 10.0. The maximum atomic E-state index is 6.12. The third-order valence-corrected chi connectivity index (χ3v) is 3.56. The van der Waals surface area contributed by atoms with Gasteiger partial charge in [-0.05, 0) is 31.2 Å². The highest BCUT2D eigenvalue weighted by Gasteiger charge is 2.24. The fourth-order valence-electron chi connectivity index (χ4n) is 2.35. The van der Waals surface area contributed by atoms with Crippen LogP contribution in [0.1, 0.15) is 31.4 Å². The standard InChI is InChI=1S/C15H22ClNO3/c1-3-6-17-13(10-15-19-7-8-20-15)12-9-11(16)4-5-14(12)18-2/h4-5,9,13,15,17H,3,6-8,10H2,1-2H3. The summed E-state index contributed by atoms with van der Waals surface area (Å²) in [6.07, 6.45) is 1.65. The average molecular weight is 300 g/mol. The molecule has 1 unspecified atom stereocenters. The van der Waals surface area contributed by atoms with Gasteiger partial charge in [0, 0.05) is 23.0 Å². The van der Waals surface area contributed by atoms with Crippen LogP contribution in [0.25, 0.3) is 0 Å². The molecule has 20 heavy (non-hydrogen) atoms. The first-order valence-electron chi connectivity index (χ1n) is 7.04. The van der Waals surface area contributed by atoms with E-state index < -0.39 is 0 Å². The van der Waals surface area contributed by atoms with Crippen LogP contribution in [0.2, 0.25) is 5.02 Å². The zero-order valence-electron chi connectivity index (χ0n) is 12.0. The van der Waals surface area contributed by atoms with Crippen molar-refractivity contribution in [1.29, 1.82) is 0 Å². The van der Waals surface area contributed by atoms with Crippen molar-refractivity contribution in [3.63, 3.8) is 0 Å². The minimum absolute atomic E-state index is 0.103. The van der Waals surface area contributed by atoms with Crippen LogP contribution < -0.4 is 10.1 Å². The van der Waals surface area contributed by atoms with Crippen molar-refractivity contribution >= 4 is 11.6 Å². The quantitative estimate of drug-likeness (QED) is 0.839. The molecule has 1 heterocycles. The summed E-state index contributed by atoms with van der Waals surface area (Å²) in [5, 5.41) is 4.22. The predicted molar refractivity (Wildman–Crippen MR) is 79.3 cm³/mol. The molecule has 2 rings (SSSR count). The van der Waals surface area contributed by atoms with Crippen molar-refractivity contribution in [1.82, 2.24) is 5.32 Å². The van der Waals surface area contributed by atoms with Crippen LogP contribution in [0, 0.1) is 0 Å². The molecule has 0 bridgehead atoms. The van der Waals surface area contributed by atoms with Gasteiger partial charge in [-0.25, -0.2) is 0 Å². The smallest absolute Gasteiger partial charge is 0.159 e. The van der Waals surface area contributed by atoms with Gasteiger partial charge in [0.1, 0.15) is 5.75 Å². The molecular formula is C15H22ClNO3. The molecule has 1 saturated heterocycles. The summed E-state index contributed by atoms with van der Waals surface area (Å²) in [6, 6.07) is 5.78. The van der Waals surface area contributed by atoms with Gasteiger partial charge in [0.15, 0.2) is 6.29 Å². The molecule has 1 aliphatic heterocycles. The molecule has 0 amide bonds. The molecule has 1 aromatic rings. The largest absolute Gasteiger partial charge is 0.496 e. The minimum atomic E-state index is -0.159. The predicted octanol–water partition coefficient (Wildman–Crippen LogP) is 3.15. The molecule has 0 aromatic heterocycles. The SMILES string of the molecule is CCCNC(CC1OCCO1)c1cc(Cl)ccc1OC. The van der Waals surface area contributed by atoms with E-state index in [0.29, 0.717) is 18.2 Å². The third kappa shape index (κ3) is 4.09. The van der Waals surface area contributed by atoms with Crippen LogP contribution in [0.4, 0.5) is 0 Å². The number of halogens is 1. The summed E-state index contributed by atoms with van der Waals surface area (Å²) >= 11 is 6.12. The summed E-state index contributed by atoms with van der Waals surface area (Å²) in [4.78, 5) is 0. The van der Waals surface area contributed by atoms with E-state index in [1.165, 1.54) is 0 Å². The molecule has 5 heteroatoms. The van der Waals surface area contributed by atoms with E-state index in [4.69, 9.17) is 25.8 Å². The molecule has 1 atom stereocenters. The number of benzene rings is 1. The maximum Gasteiger partial charge on any atom is 0.159 e. The van der Waals surface area contributed by atoms with Crippen molar-refractivity contribution in [2.45, 2.75) is 32.1 Å². The van der Waals surface area contributed by atoms with Crippen molar-refractivity contribution < 1.29 is 14.2 Å². The van der Waals surface area contributed by atoms with Gasteiger partial charge in [0.05, 0.1) is 20.3 Å². The Morgan fingerprint density at radius 2 is 2.15 bits per heavy atom. The van der Waals surface area contributed by atoms with Crippen LogP contribution in [0.15, 0.2) is 18.2 Å². The van der Waals surface area contributed by atoms with Gasteiger partial charge in [-0.1, -0.05) is 18.5 Å². The Balaban J connectivity index is 2.17. The van der Waals surface area contributed by atoms with Gasteiger partial charge in [-0.15, -0.1) is 0 Å². The van der Waals surface area contributed by atoms with E-state index in [9.17, 15) is 0 Å². The van der Waals surface area contributed by atoms with Crippen molar-refractivity contribution in [3.8, 4) is 5.75 Å². The number of hydrogen-bond acceptors (Lipinski definition) is 4. The lowest BCUT2D eigenvalue weighted by molar-refractivity contribution is -0.0531. The molecule has 0 spiro atoms. The molecule has 0 radical (unpaired) electrons. The fraction of sp³-hybridized carbons (Fsp3) is 0.600. The second kappa shape index (κ2) is 7.84. The summed E-state index contributed by atoms with van der Waals surface area (Å²) in [5.41, 5.74) is 1.05. The number of rotatable bonds is 7. The molecule has 1 fully saturated rings. The van der Waals surface area contributed by atoms with E-state index in [-0.39, 0.29) is 12.3 Å². The van der Waals surface area contributed by atoms with Crippen LogP contribution in [-0.4, -0.2) is 33.2 Å². The van der Waals surface area contributed by atoms with E-state index >= 15 is 0 Å². The van der Waals surface area contributed by atoms with Gasteiger partial charge >= 0.3 is 0 Å². The van der Waals surface area contributed by atoms with Gasteiger partial charge in [0.25, 0.3) is 0 Å². The van der Waals surface area contributed by atoms with Crippen molar-refractivity contribution in [3.05, 3.63) is 28.8 Å². The molecule has 1 aliphatic rings. The Labute approximate surface area is 125 Å². The molecule has 4 nitrogen and oxygen atoms in total. The monoisotopic (exact) mass is 299 g/mol. The average Bonchev–Trinajstić information content (AvgIpc) is 2.96. The Bertz CT molecular complexity index is 422. The fourth-order valence-corrected chi connectivity index (χ4v) is 2.53. The van der Waals surface area contributed by atoms with Crippen molar-refractivity contribution in [2.75, 3.05) is 26.9 Å². The topological polar surface area (TPSA) is 39.7 Å². The third-order valence-electron chi connectivity index (χ3n) is 3.33. The second-order valence-corrected chi connectivity index (χ2v) is 5.24. The summed E-state index contributed by atoms with van der Waals surface area (Å²) in [5.74, 6) is 0.834. The van der Waals surface area contributed by atoms with E-state index in [0.717, 1.165) is 30.7 Å². The first-order chi connectivity index (χ1) is 9.74. The molecule has 0 aliphatic carbocycles. The number of ether oxygens (including phenoxy) is 3. The van der Waals surface area contributed by atoms with Crippen LogP contribution in [0.5, 0.6) is 5.75 Å². The van der Waals surface area contributed by atoms with Crippen LogP contribution in [-0.2, 0) is 9.47 Å². The Morgan fingerprint density at radius 1 is 1.40 bits per heavy atom. The summed E-state index contributed by atoms with van der Waals surface area (Å²) < 4.78 is 16.6. The molecular weight excluding hydrogens is 278 g/mol. The van der Waals surface area contributed by atoms with Gasteiger partial charge < -0.3 is 19.5 Å².